The molecule has 1 heterocycles. The fraction of sp³-hybridized carbons (Fsp3) is 0.462. The van der Waals surface area contributed by atoms with Crippen molar-refractivity contribution in [2.24, 2.45) is 12.8 Å². The molecule has 2 N–H and O–H groups in total. The minimum Gasteiger partial charge on any atom is -0.331 e. The summed E-state index contributed by atoms with van der Waals surface area (Å²) in [5.41, 5.74) is 7.64. The van der Waals surface area contributed by atoms with Gasteiger partial charge in [-0.15, -0.1) is 0 Å². The van der Waals surface area contributed by atoms with Crippen LogP contribution in [0.25, 0.3) is 11.0 Å². The Morgan fingerprint density at radius 1 is 1.47 bits per heavy atom. The third kappa shape index (κ3) is 2.45. The van der Waals surface area contributed by atoms with Crippen LogP contribution in [0, 0.1) is 0 Å². The molecule has 0 aliphatic rings. The lowest BCUT2D eigenvalue weighted by Gasteiger charge is -2.10. The summed E-state index contributed by atoms with van der Waals surface area (Å²) in [6.45, 7) is 2.93. The van der Waals surface area contributed by atoms with E-state index in [2.05, 4.69) is 23.5 Å². The van der Waals surface area contributed by atoms with Gasteiger partial charge in [0.1, 0.15) is 5.82 Å². The molecule has 0 radical (unpaired) electrons. The molecule has 0 saturated carbocycles. The van der Waals surface area contributed by atoms with Crippen LogP contribution in [0.3, 0.4) is 0 Å². The second-order valence-electron chi connectivity index (χ2n) is 4.49. The standard InChI is InChI=1S/C13H18ClN3/c1-9(4-3-7-15)13-16-11-8-10(14)5-6-12(11)17(13)2/h5-6,8-9H,3-4,7,15H2,1-2H3. The van der Waals surface area contributed by atoms with E-state index >= 15 is 0 Å². The van der Waals surface area contributed by atoms with Crippen LogP contribution >= 0.6 is 11.6 Å². The van der Waals surface area contributed by atoms with E-state index in [1.165, 1.54) is 0 Å². The first-order valence-corrected chi connectivity index (χ1v) is 6.33. The highest BCUT2D eigenvalue weighted by molar-refractivity contribution is 6.31. The van der Waals surface area contributed by atoms with Crippen LogP contribution in [-0.2, 0) is 7.05 Å². The van der Waals surface area contributed by atoms with Crippen molar-refractivity contribution in [1.82, 2.24) is 9.55 Å². The Morgan fingerprint density at radius 3 is 2.94 bits per heavy atom. The Hall–Kier alpha value is -1.06. The van der Waals surface area contributed by atoms with E-state index in [1.807, 2.05) is 18.2 Å². The van der Waals surface area contributed by atoms with Crippen molar-refractivity contribution in [1.29, 1.82) is 0 Å². The number of nitrogens with two attached hydrogens (primary N) is 1. The van der Waals surface area contributed by atoms with Gasteiger partial charge in [-0.2, -0.15) is 0 Å². The summed E-state index contributed by atoms with van der Waals surface area (Å²) in [5, 5.41) is 0.733. The molecule has 0 bridgehead atoms. The summed E-state index contributed by atoms with van der Waals surface area (Å²) in [7, 11) is 2.05. The van der Waals surface area contributed by atoms with E-state index in [9.17, 15) is 0 Å². The lowest BCUT2D eigenvalue weighted by molar-refractivity contribution is 0.592. The molecule has 4 heteroatoms. The summed E-state index contributed by atoms with van der Waals surface area (Å²) in [6, 6.07) is 5.83. The molecule has 1 atom stereocenters. The van der Waals surface area contributed by atoms with Gasteiger partial charge in [0, 0.05) is 18.0 Å². The highest BCUT2D eigenvalue weighted by atomic mass is 35.5. The Balaban J connectivity index is 2.37. The maximum atomic E-state index is 5.98. The van der Waals surface area contributed by atoms with Gasteiger partial charge in [-0.3, -0.25) is 0 Å². The van der Waals surface area contributed by atoms with Crippen molar-refractivity contribution in [3.8, 4) is 0 Å². The van der Waals surface area contributed by atoms with Crippen LogP contribution < -0.4 is 5.73 Å². The summed E-state index contributed by atoms with van der Waals surface area (Å²) in [6.07, 6.45) is 2.10. The van der Waals surface area contributed by atoms with Crippen LogP contribution in [0.1, 0.15) is 31.5 Å². The first-order valence-electron chi connectivity index (χ1n) is 5.95. The third-order valence-electron chi connectivity index (χ3n) is 3.16. The predicted molar refractivity (Wildman–Crippen MR) is 72.4 cm³/mol. The number of nitrogens with zero attached hydrogens (tertiary/aromatic N) is 2. The van der Waals surface area contributed by atoms with Crippen molar-refractivity contribution in [3.63, 3.8) is 0 Å². The lowest BCUT2D eigenvalue weighted by Crippen LogP contribution is -2.06. The minimum atomic E-state index is 0.426. The van der Waals surface area contributed by atoms with Crippen LogP contribution in [0.5, 0.6) is 0 Å². The van der Waals surface area contributed by atoms with Crippen molar-refractivity contribution in [3.05, 3.63) is 29.0 Å². The van der Waals surface area contributed by atoms with E-state index in [0.29, 0.717) is 5.92 Å². The number of fused-ring (bicyclic) bond motifs is 1. The zero-order chi connectivity index (χ0) is 12.4. The van der Waals surface area contributed by atoms with Crippen molar-refractivity contribution in [2.75, 3.05) is 6.54 Å². The average Bonchev–Trinajstić information content (AvgIpc) is 2.63. The van der Waals surface area contributed by atoms with Crippen molar-refractivity contribution < 1.29 is 0 Å². The Morgan fingerprint density at radius 2 is 2.24 bits per heavy atom. The fourth-order valence-corrected chi connectivity index (χ4v) is 2.35. The molecular weight excluding hydrogens is 234 g/mol. The summed E-state index contributed by atoms with van der Waals surface area (Å²) in [4.78, 5) is 4.66. The van der Waals surface area contributed by atoms with Crippen LogP contribution in [0.4, 0.5) is 0 Å². The number of rotatable bonds is 4. The molecule has 0 aliphatic heterocycles. The number of hydrogen-bond acceptors (Lipinski definition) is 2. The Kier molecular flexibility index (Phi) is 3.69. The first-order chi connectivity index (χ1) is 8.13. The summed E-state index contributed by atoms with van der Waals surface area (Å²) in [5.74, 6) is 1.53. The number of hydrogen-bond donors (Lipinski definition) is 1. The number of aryl methyl sites for hydroxylation is 1. The molecule has 3 nitrogen and oxygen atoms in total. The van der Waals surface area contributed by atoms with Gasteiger partial charge in [-0.25, -0.2) is 4.98 Å². The molecule has 1 aromatic heterocycles. The molecule has 0 fully saturated rings. The zero-order valence-corrected chi connectivity index (χ0v) is 11.0. The van der Waals surface area contributed by atoms with Gasteiger partial charge in [0.05, 0.1) is 11.0 Å². The average molecular weight is 252 g/mol. The molecule has 1 unspecified atom stereocenters. The van der Waals surface area contributed by atoms with E-state index in [4.69, 9.17) is 17.3 Å². The number of aromatic nitrogens is 2. The topological polar surface area (TPSA) is 43.8 Å². The van der Waals surface area contributed by atoms with Crippen LogP contribution in [0.15, 0.2) is 18.2 Å². The van der Waals surface area contributed by atoms with Crippen LogP contribution in [0.2, 0.25) is 5.02 Å². The second-order valence-corrected chi connectivity index (χ2v) is 4.93. The van der Waals surface area contributed by atoms with Crippen LogP contribution in [-0.4, -0.2) is 16.1 Å². The van der Waals surface area contributed by atoms with Gasteiger partial charge in [-0.1, -0.05) is 18.5 Å². The molecule has 0 amide bonds. The van der Waals surface area contributed by atoms with Crippen molar-refractivity contribution >= 4 is 22.6 Å². The highest BCUT2D eigenvalue weighted by Crippen LogP contribution is 2.25. The first kappa shape index (κ1) is 12.4. The molecule has 2 aromatic rings. The summed E-state index contributed by atoms with van der Waals surface area (Å²) >= 11 is 5.98. The Labute approximate surface area is 107 Å². The van der Waals surface area contributed by atoms with E-state index in [-0.39, 0.29) is 0 Å². The monoisotopic (exact) mass is 251 g/mol. The van der Waals surface area contributed by atoms with E-state index in [0.717, 1.165) is 41.3 Å². The maximum Gasteiger partial charge on any atom is 0.112 e. The fourth-order valence-electron chi connectivity index (χ4n) is 2.19. The van der Waals surface area contributed by atoms with Gasteiger partial charge >= 0.3 is 0 Å². The minimum absolute atomic E-state index is 0.426. The van der Waals surface area contributed by atoms with Crippen molar-refractivity contribution in [2.45, 2.75) is 25.7 Å². The van der Waals surface area contributed by atoms with E-state index < -0.39 is 0 Å². The molecule has 0 saturated heterocycles. The SMILES string of the molecule is CC(CCCN)c1nc2cc(Cl)ccc2n1C. The molecule has 0 aliphatic carbocycles. The van der Waals surface area contributed by atoms with Gasteiger partial charge in [0.25, 0.3) is 0 Å². The largest absolute Gasteiger partial charge is 0.331 e. The number of halogens is 1. The van der Waals surface area contributed by atoms with Gasteiger partial charge < -0.3 is 10.3 Å². The number of benzene rings is 1. The lowest BCUT2D eigenvalue weighted by atomic mass is 10.1. The molecule has 0 spiro atoms. The summed E-state index contributed by atoms with van der Waals surface area (Å²) < 4.78 is 2.15. The third-order valence-corrected chi connectivity index (χ3v) is 3.39. The van der Waals surface area contributed by atoms with Gasteiger partial charge in [0.2, 0.25) is 0 Å². The molecular formula is C13H18ClN3. The van der Waals surface area contributed by atoms with Gasteiger partial charge in [-0.05, 0) is 37.6 Å². The Bertz CT molecular complexity index is 519. The molecule has 17 heavy (non-hydrogen) atoms. The highest BCUT2D eigenvalue weighted by Gasteiger charge is 2.14. The molecule has 2 rings (SSSR count). The molecule has 92 valence electrons. The molecule has 1 aromatic carbocycles. The quantitative estimate of drug-likeness (QED) is 0.908. The second kappa shape index (κ2) is 5.07. The zero-order valence-electron chi connectivity index (χ0n) is 10.3. The van der Waals surface area contributed by atoms with E-state index in [1.54, 1.807) is 0 Å². The maximum absolute atomic E-state index is 5.98. The van der Waals surface area contributed by atoms with Gasteiger partial charge in [0.15, 0.2) is 0 Å². The number of imidazole rings is 1. The normalized spacial score (nSPS) is 13.2. The smallest absolute Gasteiger partial charge is 0.112 e. The predicted octanol–water partition coefficient (Wildman–Crippen LogP) is 3.07.